The van der Waals surface area contributed by atoms with Crippen LogP contribution in [0.25, 0.3) is 11.0 Å². The fourth-order valence-corrected chi connectivity index (χ4v) is 2.34. The number of amides is 1. The van der Waals surface area contributed by atoms with Crippen molar-refractivity contribution in [2.45, 2.75) is 0 Å². The molecule has 3 rings (SSSR count). The molecule has 0 spiro atoms. The first-order valence-corrected chi connectivity index (χ1v) is 7.18. The van der Waals surface area contributed by atoms with Gasteiger partial charge in [0.15, 0.2) is 0 Å². The Labute approximate surface area is 144 Å². The smallest absolute Gasteiger partial charge is 0.292 e. The lowest BCUT2D eigenvalue weighted by Gasteiger charge is -2.06. The van der Waals surface area contributed by atoms with Gasteiger partial charge < -0.3 is 9.73 Å². The van der Waals surface area contributed by atoms with Crippen molar-refractivity contribution in [2.24, 2.45) is 0 Å². The molecule has 0 aliphatic carbocycles. The molecule has 2 aromatic carbocycles. The van der Waals surface area contributed by atoms with E-state index >= 15 is 0 Å². The number of anilines is 1. The van der Waals surface area contributed by atoms with Crippen LogP contribution < -0.4 is 10.9 Å². The van der Waals surface area contributed by atoms with Crippen LogP contribution in [-0.4, -0.2) is 15.8 Å². The normalized spacial score (nSPS) is 10.5. The standard InChI is InChI=1S/C16H10N4O6/c17-15-11(8-9-7-10(19(22)23)5-6-14(9)26-15)16(21)18-12-3-1-2-4-13(12)20(24)25/h1-8,17H,(H,18,21). The molecule has 2 N–H and O–H groups in total. The summed E-state index contributed by atoms with van der Waals surface area (Å²) in [6.07, 6.45) is 0. The maximum atomic E-state index is 12.4. The molecule has 10 heteroatoms. The van der Waals surface area contributed by atoms with Crippen LogP contribution in [0.1, 0.15) is 10.4 Å². The molecule has 0 bridgehead atoms. The second-order valence-corrected chi connectivity index (χ2v) is 5.20. The lowest BCUT2D eigenvalue weighted by Crippen LogP contribution is -2.21. The maximum Gasteiger partial charge on any atom is 0.292 e. The van der Waals surface area contributed by atoms with Crippen molar-refractivity contribution >= 4 is 33.9 Å². The number of para-hydroxylation sites is 2. The van der Waals surface area contributed by atoms with Crippen molar-refractivity contribution in [3.05, 3.63) is 79.9 Å². The molecule has 10 nitrogen and oxygen atoms in total. The van der Waals surface area contributed by atoms with E-state index < -0.39 is 21.3 Å². The van der Waals surface area contributed by atoms with E-state index in [0.717, 1.165) is 0 Å². The molecular weight excluding hydrogens is 344 g/mol. The average molecular weight is 354 g/mol. The van der Waals surface area contributed by atoms with Gasteiger partial charge in [0.05, 0.1) is 9.85 Å². The van der Waals surface area contributed by atoms with E-state index in [-0.39, 0.29) is 33.6 Å². The molecule has 26 heavy (non-hydrogen) atoms. The van der Waals surface area contributed by atoms with Gasteiger partial charge in [-0.2, -0.15) is 0 Å². The predicted octanol–water partition coefficient (Wildman–Crippen LogP) is 2.98. The molecule has 0 atom stereocenters. The second kappa shape index (κ2) is 6.43. The number of benzene rings is 2. The Morgan fingerprint density at radius 3 is 2.46 bits per heavy atom. The molecule has 0 aliphatic heterocycles. The van der Waals surface area contributed by atoms with Crippen LogP contribution in [0.3, 0.4) is 0 Å². The molecule has 0 unspecified atom stereocenters. The first kappa shape index (κ1) is 16.8. The SMILES string of the molecule is N=c1oc2ccc([N+](=O)[O-])cc2cc1C(=O)Nc1ccccc1[N+](=O)[O-]. The van der Waals surface area contributed by atoms with Crippen LogP contribution in [0.5, 0.6) is 0 Å². The van der Waals surface area contributed by atoms with Gasteiger partial charge in [0.2, 0.25) is 5.55 Å². The number of nitro groups is 2. The molecule has 1 aromatic heterocycles. The van der Waals surface area contributed by atoms with E-state index in [2.05, 4.69) is 5.32 Å². The number of non-ortho nitro benzene ring substituents is 1. The zero-order chi connectivity index (χ0) is 18.8. The fourth-order valence-electron chi connectivity index (χ4n) is 2.34. The minimum absolute atomic E-state index is 0.0407. The van der Waals surface area contributed by atoms with Crippen LogP contribution in [0.4, 0.5) is 17.1 Å². The van der Waals surface area contributed by atoms with E-state index in [1.807, 2.05) is 0 Å². The highest BCUT2D eigenvalue weighted by molar-refractivity contribution is 6.06. The van der Waals surface area contributed by atoms with Crippen molar-refractivity contribution in [2.75, 3.05) is 5.32 Å². The zero-order valence-electron chi connectivity index (χ0n) is 13.0. The summed E-state index contributed by atoms with van der Waals surface area (Å²) in [6, 6.07) is 10.6. The molecule has 1 amide bonds. The van der Waals surface area contributed by atoms with Crippen LogP contribution in [0.15, 0.2) is 52.9 Å². The van der Waals surface area contributed by atoms with Crippen molar-refractivity contribution in [1.82, 2.24) is 0 Å². The van der Waals surface area contributed by atoms with Crippen molar-refractivity contribution < 1.29 is 19.1 Å². The van der Waals surface area contributed by atoms with Gasteiger partial charge in [-0.05, 0) is 18.2 Å². The number of nitrogens with one attached hydrogen (secondary N) is 2. The third kappa shape index (κ3) is 3.11. The minimum Gasteiger partial charge on any atom is -0.438 e. The summed E-state index contributed by atoms with van der Waals surface area (Å²) in [6.45, 7) is 0. The summed E-state index contributed by atoms with van der Waals surface area (Å²) in [7, 11) is 0. The highest BCUT2D eigenvalue weighted by Crippen LogP contribution is 2.24. The number of nitro benzene ring substituents is 2. The number of carbonyl (C=O) groups excluding carboxylic acids is 1. The average Bonchev–Trinajstić information content (AvgIpc) is 2.60. The van der Waals surface area contributed by atoms with E-state index in [0.29, 0.717) is 0 Å². The Kier molecular flexibility index (Phi) is 4.15. The molecular formula is C16H10N4O6. The molecule has 0 fully saturated rings. The molecule has 0 saturated heterocycles. The summed E-state index contributed by atoms with van der Waals surface area (Å²) < 4.78 is 5.21. The Bertz CT molecular complexity index is 1120. The first-order chi connectivity index (χ1) is 12.4. The molecule has 3 aromatic rings. The van der Waals surface area contributed by atoms with E-state index in [1.54, 1.807) is 0 Å². The monoisotopic (exact) mass is 354 g/mol. The summed E-state index contributed by atoms with van der Waals surface area (Å²) in [5.74, 6) is -0.804. The number of rotatable bonds is 4. The lowest BCUT2D eigenvalue weighted by molar-refractivity contribution is -0.384. The predicted molar refractivity (Wildman–Crippen MR) is 89.8 cm³/mol. The minimum atomic E-state index is -0.804. The number of fused-ring (bicyclic) bond motifs is 1. The highest BCUT2D eigenvalue weighted by Gasteiger charge is 2.18. The lowest BCUT2D eigenvalue weighted by atomic mass is 10.1. The van der Waals surface area contributed by atoms with Crippen LogP contribution in [-0.2, 0) is 0 Å². The van der Waals surface area contributed by atoms with Gasteiger partial charge in [-0.3, -0.25) is 30.4 Å². The summed E-state index contributed by atoms with van der Waals surface area (Å²) in [5, 5.41) is 32.3. The number of nitrogens with zero attached hydrogens (tertiary/aromatic N) is 2. The Morgan fingerprint density at radius 1 is 1.04 bits per heavy atom. The van der Waals surface area contributed by atoms with Crippen LogP contribution in [0.2, 0.25) is 0 Å². The highest BCUT2D eigenvalue weighted by atomic mass is 16.6. The van der Waals surface area contributed by atoms with Crippen molar-refractivity contribution in [3.8, 4) is 0 Å². The van der Waals surface area contributed by atoms with E-state index in [4.69, 9.17) is 9.83 Å². The van der Waals surface area contributed by atoms with Gasteiger partial charge in [-0.1, -0.05) is 12.1 Å². The zero-order valence-corrected chi connectivity index (χ0v) is 13.0. The third-order valence-corrected chi connectivity index (χ3v) is 3.55. The molecule has 0 radical (unpaired) electrons. The Morgan fingerprint density at radius 2 is 1.77 bits per heavy atom. The van der Waals surface area contributed by atoms with Gasteiger partial charge in [-0.25, -0.2) is 0 Å². The van der Waals surface area contributed by atoms with Gasteiger partial charge in [0.1, 0.15) is 16.8 Å². The molecule has 0 saturated carbocycles. The maximum absolute atomic E-state index is 12.4. The van der Waals surface area contributed by atoms with Crippen molar-refractivity contribution in [3.63, 3.8) is 0 Å². The van der Waals surface area contributed by atoms with Gasteiger partial charge in [-0.15, -0.1) is 0 Å². The summed E-state index contributed by atoms with van der Waals surface area (Å²) >= 11 is 0. The van der Waals surface area contributed by atoms with Crippen LogP contribution >= 0.6 is 0 Å². The van der Waals surface area contributed by atoms with Gasteiger partial charge in [0, 0.05) is 23.6 Å². The van der Waals surface area contributed by atoms with E-state index in [9.17, 15) is 25.0 Å². The third-order valence-electron chi connectivity index (χ3n) is 3.55. The fraction of sp³-hybridized carbons (Fsp3) is 0. The molecule has 130 valence electrons. The second-order valence-electron chi connectivity index (χ2n) is 5.20. The van der Waals surface area contributed by atoms with Gasteiger partial charge >= 0.3 is 0 Å². The number of hydrogen-bond donors (Lipinski definition) is 2. The molecule has 0 aliphatic rings. The summed E-state index contributed by atoms with van der Waals surface area (Å²) in [5.41, 5.74) is -1.03. The largest absolute Gasteiger partial charge is 0.438 e. The van der Waals surface area contributed by atoms with E-state index in [1.165, 1.54) is 48.5 Å². The molecule has 1 heterocycles. The van der Waals surface area contributed by atoms with Crippen molar-refractivity contribution in [1.29, 1.82) is 5.41 Å². The Balaban J connectivity index is 2.03. The number of hydrogen-bond acceptors (Lipinski definition) is 7. The summed E-state index contributed by atoms with van der Waals surface area (Å²) in [4.78, 5) is 33.1. The quantitative estimate of drug-likeness (QED) is 0.542. The topological polar surface area (TPSA) is 152 Å². The Hall–Kier alpha value is -4.08. The number of carbonyl (C=O) groups is 1. The van der Waals surface area contributed by atoms with Gasteiger partial charge in [0.25, 0.3) is 17.3 Å². The first-order valence-electron chi connectivity index (χ1n) is 7.18. The van der Waals surface area contributed by atoms with Crippen LogP contribution in [0, 0.1) is 25.6 Å².